The van der Waals surface area contributed by atoms with Crippen LogP contribution in [0.1, 0.15) is 36.8 Å². The molecule has 124 valence electrons. The fourth-order valence-corrected chi connectivity index (χ4v) is 5.70. The predicted molar refractivity (Wildman–Crippen MR) is 92.6 cm³/mol. The number of sulfonamides is 1. The second kappa shape index (κ2) is 6.63. The molecule has 0 N–H and O–H groups in total. The van der Waals surface area contributed by atoms with Gasteiger partial charge in [0.2, 0.25) is 10.0 Å². The Labute approximate surface area is 141 Å². The Balaban J connectivity index is 1.93. The molecule has 0 saturated carbocycles. The number of thiophene rings is 1. The number of hydrogen-bond donors (Lipinski definition) is 0. The van der Waals surface area contributed by atoms with Crippen LogP contribution in [0.4, 0.5) is 0 Å². The Hall–Kier alpha value is -1.37. The summed E-state index contributed by atoms with van der Waals surface area (Å²) in [6.07, 6.45) is 1.57. The molecule has 0 fully saturated rings. The number of rotatable bonds is 5. The maximum absolute atomic E-state index is 13.0. The Morgan fingerprint density at radius 2 is 1.96 bits per heavy atom. The predicted octanol–water partition coefficient (Wildman–Crippen LogP) is 3.84. The molecule has 0 bridgehead atoms. The van der Waals surface area contributed by atoms with E-state index in [0.717, 1.165) is 12.8 Å². The van der Waals surface area contributed by atoms with Crippen molar-refractivity contribution in [3.8, 4) is 5.75 Å². The molecule has 1 aromatic carbocycles. The van der Waals surface area contributed by atoms with Crippen LogP contribution >= 0.6 is 11.3 Å². The van der Waals surface area contributed by atoms with Crippen molar-refractivity contribution >= 4 is 21.4 Å². The van der Waals surface area contributed by atoms with Gasteiger partial charge in [-0.05, 0) is 61.0 Å². The highest BCUT2D eigenvalue weighted by atomic mass is 32.2. The van der Waals surface area contributed by atoms with Crippen molar-refractivity contribution < 1.29 is 13.2 Å². The van der Waals surface area contributed by atoms with Gasteiger partial charge in [0.15, 0.2) is 0 Å². The van der Waals surface area contributed by atoms with Crippen LogP contribution in [-0.2, 0) is 16.4 Å². The summed E-state index contributed by atoms with van der Waals surface area (Å²) >= 11 is 1.72. The van der Waals surface area contributed by atoms with Crippen molar-refractivity contribution in [2.24, 2.45) is 0 Å². The highest BCUT2D eigenvalue weighted by Gasteiger charge is 2.35. The average molecular weight is 351 g/mol. The summed E-state index contributed by atoms with van der Waals surface area (Å²) in [5.41, 5.74) is 1.17. The van der Waals surface area contributed by atoms with E-state index in [2.05, 4.69) is 11.4 Å². The first-order valence-corrected chi connectivity index (χ1v) is 10.2. The molecule has 1 aliphatic heterocycles. The lowest BCUT2D eigenvalue weighted by Crippen LogP contribution is -2.39. The van der Waals surface area contributed by atoms with E-state index in [1.54, 1.807) is 39.9 Å². The second-order valence-electron chi connectivity index (χ2n) is 5.49. The Bertz CT molecular complexity index is 765. The molecule has 0 radical (unpaired) electrons. The first kappa shape index (κ1) is 16.5. The molecule has 6 heteroatoms. The molecule has 3 rings (SSSR count). The second-order valence-corrected chi connectivity index (χ2v) is 8.38. The molecular formula is C17H21NO3S2. The van der Waals surface area contributed by atoms with Crippen molar-refractivity contribution in [2.75, 3.05) is 13.2 Å². The van der Waals surface area contributed by atoms with Crippen LogP contribution in [-0.4, -0.2) is 25.9 Å². The molecule has 23 heavy (non-hydrogen) atoms. The lowest BCUT2D eigenvalue weighted by atomic mass is 10.0. The molecule has 0 aliphatic carbocycles. The van der Waals surface area contributed by atoms with Crippen LogP contribution in [0.3, 0.4) is 0 Å². The van der Waals surface area contributed by atoms with Gasteiger partial charge in [-0.2, -0.15) is 4.31 Å². The first-order chi connectivity index (χ1) is 11.1. The summed E-state index contributed by atoms with van der Waals surface area (Å²) < 4.78 is 33.1. The van der Waals surface area contributed by atoms with E-state index in [4.69, 9.17) is 4.74 Å². The van der Waals surface area contributed by atoms with Gasteiger partial charge in [-0.25, -0.2) is 8.42 Å². The van der Waals surface area contributed by atoms with Crippen LogP contribution in [0.5, 0.6) is 5.75 Å². The Morgan fingerprint density at radius 1 is 1.22 bits per heavy atom. The number of benzene rings is 1. The van der Waals surface area contributed by atoms with Crippen LogP contribution in [0.25, 0.3) is 0 Å². The number of nitrogens with zero attached hydrogens (tertiary/aromatic N) is 1. The molecule has 1 atom stereocenters. The lowest BCUT2D eigenvalue weighted by Gasteiger charge is -2.34. The molecule has 0 saturated heterocycles. The SMILES string of the molecule is CCOc1ccc(S(=O)(=O)N2CCc3sccc3C2CC)cc1. The van der Waals surface area contributed by atoms with Crippen molar-refractivity contribution in [3.63, 3.8) is 0 Å². The Kier molecular flexibility index (Phi) is 4.75. The number of ether oxygens (including phenoxy) is 1. The maximum atomic E-state index is 13.0. The standard InChI is InChI=1S/C17H21NO3S2/c1-3-16-15-10-12-22-17(15)9-11-18(16)23(19,20)14-7-5-13(6-8-14)21-4-2/h5-8,10,12,16H,3-4,9,11H2,1-2H3. The van der Waals surface area contributed by atoms with Gasteiger partial charge in [-0.1, -0.05) is 6.92 Å². The average Bonchev–Trinajstić information content (AvgIpc) is 3.03. The van der Waals surface area contributed by atoms with Crippen molar-refractivity contribution in [2.45, 2.75) is 37.6 Å². The van der Waals surface area contributed by atoms with E-state index in [1.807, 2.05) is 13.8 Å². The van der Waals surface area contributed by atoms with E-state index in [1.165, 1.54) is 10.4 Å². The van der Waals surface area contributed by atoms with E-state index < -0.39 is 10.0 Å². The highest BCUT2D eigenvalue weighted by Crippen LogP contribution is 2.38. The van der Waals surface area contributed by atoms with Crippen LogP contribution in [0.15, 0.2) is 40.6 Å². The van der Waals surface area contributed by atoms with E-state index in [0.29, 0.717) is 23.8 Å². The molecule has 2 heterocycles. The highest BCUT2D eigenvalue weighted by molar-refractivity contribution is 7.89. The normalized spacial score (nSPS) is 18.6. The van der Waals surface area contributed by atoms with E-state index >= 15 is 0 Å². The molecule has 1 aliphatic rings. The third kappa shape index (κ3) is 3.03. The van der Waals surface area contributed by atoms with Gasteiger partial charge in [0, 0.05) is 11.4 Å². The fourth-order valence-electron chi connectivity index (χ4n) is 3.09. The van der Waals surface area contributed by atoms with Gasteiger partial charge >= 0.3 is 0 Å². The molecule has 2 aromatic rings. The molecule has 1 unspecified atom stereocenters. The van der Waals surface area contributed by atoms with Gasteiger partial charge < -0.3 is 4.74 Å². The summed E-state index contributed by atoms with van der Waals surface area (Å²) in [5.74, 6) is 0.692. The summed E-state index contributed by atoms with van der Waals surface area (Å²) in [6.45, 7) is 5.05. The molecule has 0 spiro atoms. The third-order valence-electron chi connectivity index (χ3n) is 4.17. The molecular weight excluding hydrogens is 330 g/mol. The smallest absolute Gasteiger partial charge is 0.243 e. The van der Waals surface area contributed by atoms with E-state index in [9.17, 15) is 8.42 Å². The van der Waals surface area contributed by atoms with Crippen molar-refractivity contribution in [3.05, 3.63) is 46.2 Å². The summed E-state index contributed by atoms with van der Waals surface area (Å²) in [4.78, 5) is 1.65. The van der Waals surface area contributed by atoms with Gasteiger partial charge in [-0.15, -0.1) is 11.3 Å². The first-order valence-electron chi connectivity index (χ1n) is 7.89. The van der Waals surface area contributed by atoms with E-state index in [-0.39, 0.29) is 6.04 Å². The minimum absolute atomic E-state index is 0.0680. The number of fused-ring (bicyclic) bond motifs is 1. The molecule has 0 amide bonds. The quantitative estimate of drug-likeness (QED) is 0.822. The minimum atomic E-state index is -3.49. The van der Waals surface area contributed by atoms with Crippen LogP contribution in [0, 0.1) is 0 Å². The zero-order valence-corrected chi connectivity index (χ0v) is 15.0. The summed E-state index contributed by atoms with van der Waals surface area (Å²) in [7, 11) is -3.49. The van der Waals surface area contributed by atoms with Gasteiger partial charge in [0.25, 0.3) is 0 Å². The summed E-state index contributed by atoms with van der Waals surface area (Å²) in [6, 6.07) is 8.70. The Morgan fingerprint density at radius 3 is 2.61 bits per heavy atom. The van der Waals surface area contributed by atoms with Gasteiger partial charge in [-0.3, -0.25) is 0 Å². The molecule has 1 aromatic heterocycles. The monoisotopic (exact) mass is 351 g/mol. The lowest BCUT2D eigenvalue weighted by molar-refractivity contribution is 0.303. The topological polar surface area (TPSA) is 46.6 Å². The maximum Gasteiger partial charge on any atom is 0.243 e. The van der Waals surface area contributed by atoms with Gasteiger partial charge in [0.05, 0.1) is 17.5 Å². The van der Waals surface area contributed by atoms with Crippen molar-refractivity contribution in [1.29, 1.82) is 0 Å². The van der Waals surface area contributed by atoms with Crippen LogP contribution < -0.4 is 4.74 Å². The minimum Gasteiger partial charge on any atom is -0.494 e. The largest absolute Gasteiger partial charge is 0.494 e. The van der Waals surface area contributed by atoms with Crippen LogP contribution in [0.2, 0.25) is 0 Å². The fraction of sp³-hybridized carbons (Fsp3) is 0.412. The molecule has 4 nitrogen and oxygen atoms in total. The zero-order chi connectivity index (χ0) is 16.4. The van der Waals surface area contributed by atoms with Gasteiger partial charge in [0.1, 0.15) is 5.75 Å². The number of hydrogen-bond acceptors (Lipinski definition) is 4. The van der Waals surface area contributed by atoms with Crippen molar-refractivity contribution in [1.82, 2.24) is 4.31 Å². The zero-order valence-electron chi connectivity index (χ0n) is 13.4. The summed E-state index contributed by atoms with van der Waals surface area (Å²) in [5, 5.41) is 2.06. The third-order valence-corrected chi connectivity index (χ3v) is 7.09.